The fourth-order valence-corrected chi connectivity index (χ4v) is 2.25. The number of anilines is 2. The molecular weight excluding hydrogens is 316 g/mol. The fraction of sp³-hybridized carbons (Fsp3) is 0.667. The molecule has 9 heteroatoms. The number of morpholine rings is 1. The Hall–Kier alpha value is -2.13. The third-order valence-corrected chi connectivity index (χ3v) is 3.22. The number of rotatable bonds is 4. The quantitative estimate of drug-likeness (QED) is 0.841. The first kappa shape index (κ1) is 18.2. The van der Waals surface area contributed by atoms with Crippen LogP contribution in [-0.2, 0) is 16.1 Å². The van der Waals surface area contributed by atoms with Crippen LogP contribution in [0.4, 0.5) is 16.6 Å². The maximum Gasteiger partial charge on any atom is 0.414 e. The third kappa shape index (κ3) is 4.68. The standard InChI is InChI=1S/C15H24N4O5/c1-15(2,3)24-14(21)18-13-16-11(19-5-7-23-8-6-19)10(9-20)12(17-13)22-4/h20H,5-9H2,1-4H3,(H,16,17,18,21). The van der Waals surface area contributed by atoms with Crippen LogP contribution in [0.5, 0.6) is 5.88 Å². The van der Waals surface area contributed by atoms with Gasteiger partial charge in [-0.15, -0.1) is 0 Å². The second-order valence-electron chi connectivity index (χ2n) is 6.24. The van der Waals surface area contributed by atoms with Crippen LogP contribution >= 0.6 is 0 Å². The molecule has 0 aliphatic carbocycles. The number of ether oxygens (including phenoxy) is 3. The third-order valence-electron chi connectivity index (χ3n) is 3.22. The van der Waals surface area contributed by atoms with E-state index in [1.165, 1.54) is 7.11 Å². The van der Waals surface area contributed by atoms with Gasteiger partial charge in [-0.2, -0.15) is 9.97 Å². The first-order chi connectivity index (χ1) is 11.3. The summed E-state index contributed by atoms with van der Waals surface area (Å²) in [7, 11) is 1.45. The Bertz CT molecular complexity index is 582. The van der Waals surface area contributed by atoms with Crippen LogP contribution in [0.25, 0.3) is 0 Å². The SMILES string of the molecule is COc1nc(NC(=O)OC(C)(C)C)nc(N2CCOCC2)c1CO. The predicted molar refractivity (Wildman–Crippen MR) is 87.4 cm³/mol. The van der Waals surface area contributed by atoms with Crippen LogP contribution in [0, 0.1) is 0 Å². The van der Waals surface area contributed by atoms with E-state index in [0.717, 1.165) is 0 Å². The van der Waals surface area contributed by atoms with E-state index in [-0.39, 0.29) is 18.4 Å². The van der Waals surface area contributed by atoms with Crippen molar-refractivity contribution in [1.29, 1.82) is 0 Å². The van der Waals surface area contributed by atoms with Gasteiger partial charge in [-0.1, -0.05) is 0 Å². The van der Waals surface area contributed by atoms with Gasteiger partial charge < -0.3 is 24.2 Å². The highest BCUT2D eigenvalue weighted by molar-refractivity contribution is 5.83. The van der Waals surface area contributed by atoms with Crippen molar-refractivity contribution in [3.8, 4) is 5.88 Å². The smallest absolute Gasteiger partial charge is 0.414 e. The van der Waals surface area contributed by atoms with Gasteiger partial charge in [0.15, 0.2) is 0 Å². The Morgan fingerprint density at radius 3 is 2.54 bits per heavy atom. The molecular formula is C15H24N4O5. The zero-order valence-corrected chi connectivity index (χ0v) is 14.5. The number of carbonyl (C=O) groups is 1. The molecule has 0 spiro atoms. The molecule has 1 saturated heterocycles. The maximum atomic E-state index is 11.9. The second-order valence-corrected chi connectivity index (χ2v) is 6.24. The Balaban J connectivity index is 2.30. The van der Waals surface area contributed by atoms with Crippen LogP contribution in [-0.4, -0.2) is 60.2 Å². The topological polar surface area (TPSA) is 106 Å². The van der Waals surface area contributed by atoms with Gasteiger partial charge in [0.25, 0.3) is 0 Å². The summed E-state index contributed by atoms with van der Waals surface area (Å²) < 4.78 is 15.8. The normalized spacial score (nSPS) is 15.1. The Labute approximate surface area is 140 Å². The second kappa shape index (κ2) is 7.63. The molecule has 2 N–H and O–H groups in total. The summed E-state index contributed by atoms with van der Waals surface area (Å²) in [4.78, 5) is 22.4. The molecule has 1 amide bonds. The van der Waals surface area contributed by atoms with E-state index in [4.69, 9.17) is 14.2 Å². The van der Waals surface area contributed by atoms with E-state index < -0.39 is 11.7 Å². The average molecular weight is 340 g/mol. The highest BCUT2D eigenvalue weighted by Gasteiger charge is 2.23. The van der Waals surface area contributed by atoms with Crippen molar-refractivity contribution in [2.45, 2.75) is 33.0 Å². The van der Waals surface area contributed by atoms with Crippen molar-refractivity contribution in [3.63, 3.8) is 0 Å². The van der Waals surface area contributed by atoms with Crippen molar-refractivity contribution in [2.24, 2.45) is 0 Å². The Morgan fingerprint density at radius 1 is 1.33 bits per heavy atom. The van der Waals surface area contributed by atoms with E-state index in [1.54, 1.807) is 20.8 Å². The number of nitrogens with zero attached hydrogens (tertiary/aromatic N) is 3. The summed E-state index contributed by atoms with van der Waals surface area (Å²) in [6.07, 6.45) is -0.658. The molecule has 2 rings (SSSR count). The van der Waals surface area contributed by atoms with Crippen LogP contribution in [0.15, 0.2) is 0 Å². The number of nitrogens with one attached hydrogen (secondary N) is 1. The van der Waals surface area contributed by atoms with E-state index in [9.17, 15) is 9.90 Å². The van der Waals surface area contributed by atoms with Gasteiger partial charge in [-0.3, -0.25) is 5.32 Å². The number of amides is 1. The van der Waals surface area contributed by atoms with E-state index in [0.29, 0.717) is 37.7 Å². The number of hydrogen-bond donors (Lipinski definition) is 2. The molecule has 0 bridgehead atoms. The van der Waals surface area contributed by atoms with Gasteiger partial charge in [0, 0.05) is 13.1 Å². The minimum atomic E-state index is -0.658. The number of aliphatic hydroxyl groups excluding tert-OH is 1. The zero-order chi connectivity index (χ0) is 17.7. The molecule has 0 atom stereocenters. The van der Waals surface area contributed by atoms with Crippen molar-refractivity contribution in [3.05, 3.63) is 5.56 Å². The van der Waals surface area contributed by atoms with Crippen molar-refractivity contribution in [2.75, 3.05) is 43.6 Å². The van der Waals surface area contributed by atoms with Crippen molar-refractivity contribution < 1.29 is 24.1 Å². The molecule has 0 radical (unpaired) electrons. The molecule has 2 heterocycles. The number of aliphatic hydroxyl groups is 1. The Morgan fingerprint density at radius 2 is 2.00 bits per heavy atom. The summed E-state index contributed by atoms with van der Waals surface area (Å²) in [5.74, 6) is 0.776. The van der Waals surface area contributed by atoms with Gasteiger partial charge in [-0.25, -0.2) is 4.79 Å². The van der Waals surface area contributed by atoms with Crippen LogP contribution in [0.3, 0.4) is 0 Å². The lowest BCUT2D eigenvalue weighted by Crippen LogP contribution is -2.38. The number of methoxy groups -OCH3 is 1. The molecule has 134 valence electrons. The van der Waals surface area contributed by atoms with Gasteiger partial charge in [-0.05, 0) is 20.8 Å². The molecule has 0 unspecified atom stereocenters. The zero-order valence-electron chi connectivity index (χ0n) is 14.5. The lowest BCUT2D eigenvalue weighted by atomic mass is 10.2. The molecule has 1 fully saturated rings. The summed E-state index contributed by atoms with van der Waals surface area (Å²) in [5, 5.41) is 12.2. The van der Waals surface area contributed by atoms with Crippen molar-refractivity contribution in [1.82, 2.24) is 9.97 Å². The molecule has 1 aliphatic heterocycles. The lowest BCUT2D eigenvalue weighted by molar-refractivity contribution is 0.0634. The van der Waals surface area contributed by atoms with Gasteiger partial charge in [0.05, 0.1) is 32.5 Å². The minimum absolute atomic E-state index is 0.0554. The molecule has 0 aromatic carbocycles. The number of carbonyl (C=O) groups excluding carboxylic acids is 1. The average Bonchev–Trinajstić information content (AvgIpc) is 2.53. The molecule has 9 nitrogen and oxygen atoms in total. The van der Waals surface area contributed by atoms with Crippen molar-refractivity contribution >= 4 is 17.9 Å². The van der Waals surface area contributed by atoms with Crippen LogP contribution in [0.1, 0.15) is 26.3 Å². The van der Waals surface area contributed by atoms with E-state index in [1.807, 2.05) is 4.90 Å². The van der Waals surface area contributed by atoms with Crippen LogP contribution < -0.4 is 15.0 Å². The Kier molecular flexibility index (Phi) is 5.79. The van der Waals surface area contributed by atoms with Gasteiger partial charge in [0.2, 0.25) is 11.8 Å². The van der Waals surface area contributed by atoms with Gasteiger partial charge in [0.1, 0.15) is 11.4 Å². The summed E-state index contributed by atoms with van der Waals surface area (Å²) >= 11 is 0. The molecule has 24 heavy (non-hydrogen) atoms. The summed E-state index contributed by atoms with van der Waals surface area (Å²) in [5.41, 5.74) is -0.166. The minimum Gasteiger partial charge on any atom is -0.481 e. The molecule has 1 aromatic rings. The van der Waals surface area contributed by atoms with E-state index >= 15 is 0 Å². The molecule has 1 aliphatic rings. The maximum absolute atomic E-state index is 11.9. The fourth-order valence-electron chi connectivity index (χ4n) is 2.25. The summed E-state index contributed by atoms with van der Waals surface area (Å²) in [6, 6.07) is 0. The number of hydrogen-bond acceptors (Lipinski definition) is 8. The highest BCUT2D eigenvalue weighted by atomic mass is 16.6. The summed E-state index contributed by atoms with van der Waals surface area (Å²) in [6.45, 7) is 7.39. The monoisotopic (exact) mass is 340 g/mol. The number of aromatic nitrogens is 2. The highest BCUT2D eigenvalue weighted by Crippen LogP contribution is 2.28. The first-order valence-corrected chi connectivity index (χ1v) is 7.72. The predicted octanol–water partition coefficient (Wildman–Crippen LogP) is 1.16. The lowest BCUT2D eigenvalue weighted by Gasteiger charge is -2.29. The van der Waals surface area contributed by atoms with Gasteiger partial charge >= 0.3 is 6.09 Å². The first-order valence-electron chi connectivity index (χ1n) is 7.72. The largest absolute Gasteiger partial charge is 0.481 e. The van der Waals surface area contributed by atoms with E-state index in [2.05, 4.69) is 15.3 Å². The molecule has 1 aromatic heterocycles. The molecule has 0 saturated carbocycles. The van der Waals surface area contributed by atoms with Crippen LogP contribution in [0.2, 0.25) is 0 Å².